The fourth-order valence-corrected chi connectivity index (χ4v) is 2.19. The van der Waals surface area contributed by atoms with Crippen molar-refractivity contribution in [3.05, 3.63) is 16.1 Å². The molecule has 0 spiro atoms. The lowest BCUT2D eigenvalue weighted by Gasteiger charge is -2.03. The lowest BCUT2D eigenvalue weighted by atomic mass is 10.2. The van der Waals surface area contributed by atoms with Crippen LogP contribution >= 0.6 is 23.7 Å². The zero-order chi connectivity index (χ0) is 11.8. The van der Waals surface area contributed by atoms with E-state index < -0.39 is 0 Å². The molecule has 0 bridgehead atoms. The minimum atomic E-state index is 0. The lowest BCUT2D eigenvalue weighted by Crippen LogP contribution is -2.32. The van der Waals surface area contributed by atoms with E-state index in [0.29, 0.717) is 6.54 Å². The summed E-state index contributed by atoms with van der Waals surface area (Å²) in [5.74, 6) is 0.0626. The number of aromatic nitrogens is 1. The van der Waals surface area contributed by atoms with Crippen molar-refractivity contribution in [3.8, 4) is 0 Å². The molecule has 0 saturated carbocycles. The molecule has 6 heteroatoms. The number of hydrogen-bond acceptors (Lipinski definition) is 4. The SMILES string of the molecule is CNCC(=O)NCCCCc1nc(C)cs1.Cl. The molecule has 2 N–H and O–H groups in total. The van der Waals surface area contributed by atoms with Crippen molar-refractivity contribution in [2.24, 2.45) is 0 Å². The molecule has 17 heavy (non-hydrogen) atoms. The van der Waals surface area contributed by atoms with E-state index in [-0.39, 0.29) is 18.3 Å². The number of nitrogens with zero attached hydrogens (tertiary/aromatic N) is 1. The van der Waals surface area contributed by atoms with Crippen LogP contribution in [0.3, 0.4) is 0 Å². The van der Waals surface area contributed by atoms with Crippen LogP contribution in [0.25, 0.3) is 0 Å². The molecule has 98 valence electrons. The van der Waals surface area contributed by atoms with Crippen LogP contribution in [-0.4, -0.2) is 31.0 Å². The zero-order valence-electron chi connectivity index (χ0n) is 10.3. The van der Waals surface area contributed by atoms with Gasteiger partial charge in [-0.05, 0) is 33.2 Å². The fourth-order valence-electron chi connectivity index (χ4n) is 1.37. The van der Waals surface area contributed by atoms with Gasteiger partial charge in [-0.25, -0.2) is 4.98 Å². The molecule has 0 unspecified atom stereocenters. The number of likely N-dealkylation sites (N-methyl/N-ethyl adjacent to an activating group) is 1. The Balaban J connectivity index is 0.00000256. The first-order valence-electron chi connectivity index (χ1n) is 5.54. The summed E-state index contributed by atoms with van der Waals surface area (Å²) in [5.41, 5.74) is 1.10. The average Bonchev–Trinajstić information content (AvgIpc) is 2.64. The maximum atomic E-state index is 11.1. The van der Waals surface area contributed by atoms with Crippen LogP contribution in [0.1, 0.15) is 23.5 Å². The summed E-state index contributed by atoms with van der Waals surface area (Å²) in [5, 5.41) is 8.94. The highest BCUT2D eigenvalue weighted by Gasteiger charge is 2.00. The molecule has 0 aliphatic carbocycles. The molecule has 4 nitrogen and oxygen atoms in total. The van der Waals surface area contributed by atoms with Crippen molar-refractivity contribution >= 4 is 29.7 Å². The fraction of sp³-hybridized carbons (Fsp3) is 0.636. The van der Waals surface area contributed by atoms with Crippen molar-refractivity contribution in [3.63, 3.8) is 0 Å². The van der Waals surface area contributed by atoms with Gasteiger partial charge in [-0.1, -0.05) is 0 Å². The predicted molar refractivity (Wildman–Crippen MR) is 74.0 cm³/mol. The summed E-state index contributed by atoms with van der Waals surface area (Å²) in [6.45, 7) is 3.16. The zero-order valence-corrected chi connectivity index (χ0v) is 11.9. The van der Waals surface area contributed by atoms with Gasteiger partial charge in [-0.2, -0.15) is 0 Å². The molecule has 0 saturated heterocycles. The largest absolute Gasteiger partial charge is 0.355 e. The van der Waals surface area contributed by atoms with Gasteiger partial charge in [0.2, 0.25) is 5.91 Å². The molecule has 0 atom stereocenters. The number of thiazole rings is 1. The quantitative estimate of drug-likeness (QED) is 0.743. The first-order chi connectivity index (χ1) is 7.72. The minimum absolute atomic E-state index is 0. The molecule has 1 amide bonds. The van der Waals surface area contributed by atoms with Crippen LogP contribution in [0.15, 0.2) is 5.38 Å². The van der Waals surface area contributed by atoms with E-state index in [1.54, 1.807) is 18.4 Å². The average molecular weight is 278 g/mol. The van der Waals surface area contributed by atoms with Gasteiger partial charge in [0.1, 0.15) is 0 Å². The summed E-state index contributed by atoms with van der Waals surface area (Å²) in [7, 11) is 1.77. The number of carbonyl (C=O) groups excluding carboxylic acids is 1. The van der Waals surface area contributed by atoms with E-state index in [9.17, 15) is 4.79 Å². The van der Waals surface area contributed by atoms with Crippen LogP contribution in [0.2, 0.25) is 0 Å². The maximum absolute atomic E-state index is 11.1. The van der Waals surface area contributed by atoms with Crippen LogP contribution < -0.4 is 10.6 Å². The summed E-state index contributed by atoms with van der Waals surface area (Å²) in [4.78, 5) is 15.5. The van der Waals surface area contributed by atoms with E-state index in [1.807, 2.05) is 6.92 Å². The number of amides is 1. The molecule has 1 rings (SSSR count). The smallest absolute Gasteiger partial charge is 0.233 e. The highest BCUT2D eigenvalue weighted by molar-refractivity contribution is 7.09. The number of nitrogens with one attached hydrogen (secondary N) is 2. The summed E-state index contributed by atoms with van der Waals surface area (Å²) < 4.78 is 0. The van der Waals surface area contributed by atoms with Crippen LogP contribution in [0, 0.1) is 6.92 Å². The molecular weight excluding hydrogens is 258 g/mol. The summed E-state index contributed by atoms with van der Waals surface area (Å²) >= 11 is 1.71. The third kappa shape index (κ3) is 7.31. The molecule has 0 aliphatic heterocycles. The molecule has 0 aliphatic rings. The molecule has 0 fully saturated rings. The Morgan fingerprint density at radius 2 is 2.24 bits per heavy atom. The van der Waals surface area contributed by atoms with Gasteiger partial charge < -0.3 is 10.6 Å². The van der Waals surface area contributed by atoms with Gasteiger partial charge in [0.15, 0.2) is 0 Å². The normalized spacial score (nSPS) is 9.76. The molecule has 0 radical (unpaired) electrons. The molecule has 1 heterocycles. The Hall–Kier alpha value is -0.650. The van der Waals surface area contributed by atoms with E-state index in [1.165, 1.54) is 5.01 Å². The van der Waals surface area contributed by atoms with Gasteiger partial charge >= 0.3 is 0 Å². The number of unbranched alkanes of at least 4 members (excludes halogenated alkanes) is 1. The highest BCUT2D eigenvalue weighted by Crippen LogP contribution is 2.11. The lowest BCUT2D eigenvalue weighted by molar-refractivity contribution is -0.120. The number of aryl methyl sites for hydroxylation is 2. The van der Waals surface area contributed by atoms with Crippen LogP contribution in [0.4, 0.5) is 0 Å². The van der Waals surface area contributed by atoms with Crippen molar-refractivity contribution in [1.29, 1.82) is 0 Å². The maximum Gasteiger partial charge on any atom is 0.233 e. The van der Waals surface area contributed by atoms with Crippen LogP contribution in [0.5, 0.6) is 0 Å². The van der Waals surface area contributed by atoms with Crippen LogP contribution in [-0.2, 0) is 11.2 Å². The molecule has 1 aromatic rings. The molecular formula is C11H20ClN3OS. The third-order valence-corrected chi connectivity index (χ3v) is 3.17. The Kier molecular flexibility index (Phi) is 9.03. The standard InChI is InChI=1S/C11H19N3OS.ClH/c1-9-8-16-11(14-9)5-3-4-6-13-10(15)7-12-2;/h8,12H,3-7H2,1-2H3,(H,13,15);1H. The second-order valence-corrected chi connectivity index (χ2v) is 4.66. The first-order valence-corrected chi connectivity index (χ1v) is 6.42. The number of rotatable bonds is 7. The van der Waals surface area contributed by atoms with Crippen molar-refractivity contribution in [1.82, 2.24) is 15.6 Å². The number of hydrogen-bond donors (Lipinski definition) is 2. The van der Waals surface area contributed by atoms with E-state index in [4.69, 9.17) is 0 Å². The highest BCUT2D eigenvalue weighted by atomic mass is 35.5. The molecule has 0 aromatic carbocycles. The van der Waals surface area contributed by atoms with E-state index in [0.717, 1.165) is 31.5 Å². The van der Waals surface area contributed by atoms with Gasteiger partial charge in [0, 0.05) is 17.6 Å². The van der Waals surface area contributed by atoms with Gasteiger partial charge in [0.25, 0.3) is 0 Å². The number of carbonyl (C=O) groups is 1. The van der Waals surface area contributed by atoms with Crippen molar-refractivity contribution < 1.29 is 4.79 Å². The Morgan fingerprint density at radius 3 is 2.82 bits per heavy atom. The Bertz CT molecular complexity index is 330. The topological polar surface area (TPSA) is 54.0 Å². The third-order valence-electron chi connectivity index (χ3n) is 2.14. The van der Waals surface area contributed by atoms with Gasteiger partial charge in [-0.15, -0.1) is 23.7 Å². The summed E-state index contributed by atoms with van der Waals surface area (Å²) in [6.07, 6.45) is 3.10. The van der Waals surface area contributed by atoms with E-state index >= 15 is 0 Å². The molecule has 1 aromatic heterocycles. The van der Waals surface area contributed by atoms with Gasteiger partial charge in [0.05, 0.1) is 11.6 Å². The van der Waals surface area contributed by atoms with E-state index in [2.05, 4.69) is 21.0 Å². The van der Waals surface area contributed by atoms with Gasteiger partial charge in [-0.3, -0.25) is 4.79 Å². The first kappa shape index (κ1) is 16.4. The monoisotopic (exact) mass is 277 g/mol. The van der Waals surface area contributed by atoms with Crippen molar-refractivity contribution in [2.45, 2.75) is 26.2 Å². The number of halogens is 1. The summed E-state index contributed by atoms with van der Waals surface area (Å²) in [6, 6.07) is 0. The second-order valence-electron chi connectivity index (χ2n) is 3.72. The predicted octanol–water partition coefficient (Wildman–Crippen LogP) is 1.53. The minimum Gasteiger partial charge on any atom is -0.355 e. The Labute approximate surface area is 113 Å². The Morgan fingerprint density at radius 1 is 1.47 bits per heavy atom. The van der Waals surface area contributed by atoms with Crippen molar-refractivity contribution in [2.75, 3.05) is 20.1 Å². The second kappa shape index (κ2) is 9.39.